The molecule has 1 aromatic heterocycles. The van der Waals surface area contributed by atoms with E-state index in [1.807, 2.05) is 24.3 Å². The molecule has 1 aromatic carbocycles. The molecule has 3 heterocycles. The number of rotatable bonds is 3. The van der Waals surface area contributed by atoms with Gasteiger partial charge >= 0.3 is 6.03 Å². The number of imide groups is 1. The zero-order valence-electron chi connectivity index (χ0n) is 14.4. The van der Waals surface area contributed by atoms with Crippen LogP contribution in [0.3, 0.4) is 0 Å². The molecular weight excluding hydrogens is 370 g/mol. The van der Waals surface area contributed by atoms with Crippen LogP contribution in [0.1, 0.15) is 28.8 Å². The molecule has 0 aliphatic carbocycles. The number of piperidine rings is 1. The van der Waals surface area contributed by atoms with Crippen LogP contribution in [-0.4, -0.2) is 51.2 Å². The summed E-state index contributed by atoms with van der Waals surface area (Å²) in [4.78, 5) is 37.8. The lowest BCUT2D eigenvalue weighted by Gasteiger charge is -2.36. The summed E-state index contributed by atoms with van der Waals surface area (Å²) in [5, 5.41) is 9.86. The third-order valence-corrected chi connectivity index (χ3v) is 5.46. The standard InChI is InChI=1S/C18H18ClN5O3/c19-14-4-2-1-3-12(14)10-24-11-13(9-20-24)15(25)23-7-5-18(6-8-23)16(26)21-17(27)22-18/h1-4,9,11H,5-8,10H2,(H2,21,22,26,27). The molecule has 0 bridgehead atoms. The average molecular weight is 388 g/mol. The highest BCUT2D eigenvalue weighted by atomic mass is 35.5. The van der Waals surface area contributed by atoms with Gasteiger partial charge in [-0.3, -0.25) is 19.6 Å². The van der Waals surface area contributed by atoms with Gasteiger partial charge in [-0.25, -0.2) is 4.79 Å². The second-order valence-electron chi connectivity index (χ2n) is 6.80. The van der Waals surface area contributed by atoms with Gasteiger partial charge in [0, 0.05) is 24.3 Å². The lowest BCUT2D eigenvalue weighted by molar-refractivity contribution is -0.125. The Bertz CT molecular complexity index is 917. The van der Waals surface area contributed by atoms with E-state index in [0.717, 1.165) is 5.56 Å². The molecule has 140 valence electrons. The van der Waals surface area contributed by atoms with Crippen LogP contribution in [0.2, 0.25) is 5.02 Å². The monoisotopic (exact) mass is 387 g/mol. The first-order valence-electron chi connectivity index (χ1n) is 8.66. The third kappa shape index (κ3) is 3.28. The Morgan fingerprint density at radius 3 is 2.63 bits per heavy atom. The number of nitrogens with one attached hydrogen (secondary N) is 2. The summed E-state index contributed by atoms with van der Waals surface area (Å²) in [6, 6.07) is 7.02. The minimum Gasteiger partial charge on any atom is -0.338 e. The van der Waals surface area contributed by atoms with Crippen LogP contribution < -0.4 is 10.6 Å². The van der Waals surface area contributed by atoms with Crippen LogP contribution in [0.15, 0.2) is 36.7 Å². The fraction of sp³-hybridized carbons (Fsp3) is 0.333. The minimum atomic E-state index is -0.887. The van der Waals surface area contributed by atoms with Crippen molar-refractivity contribution in [1.82, 2.24) is 25.3 Å². The smallest absolute Gasteiger partial charge is 0.322 e. The van der Waals surface area contributed by atoms with Gasteiger partial charge < -0.3 is 10.2 Å². The van der Waals surface area contributed by atoms with Gasteiger partial charge in [-0.15, -0.1) is 0 Å². The van der Waals surface area contributed by atoms with E-state index in [4.69, 9.17) is 11.6 Å². The number of amides is 4. The number of hydrogen-bond donors (Lipinski definition) is 2. The fourth-order valence-corrected chi connectivity index (χ4v) is 3.71. The number of benzene rings is 1. The van der Waals surface area contributed by atoms with Crippen molar-refractivity contribution < 1.29 is 14.4 Å². The van der Waals surface area contributed by atoms with Crippen molar-refractivity contribution in [2.45, 2.75) is 24.9 Å². The first kappa shape index (κ1) is 17.5. The van der Waals surface area contributed by atoms with Gasteiger partial charge in [-0.05, 0) is 24.5 Å². The van der Waals surface area contributed by atoms with E-state index >= 15 is 0 Å². The van der Waals surface area contributed by atoms with Crippen molar-refractivity contribution in [2.75, 3.05) is 13.1 Å². The van der Waals surface area contributed by atoms with Gasteiger partial charge in [-0.2, -0.15) is 5.10 Å². The van der Waals surface area contributed by atoms with Gasteiger partial charge in [0.1, 0.15) is 5.54 Å². The molecule has 2 aromatic rings. The molecular formula is C18H18ClN5O3. The predicted molar refractivity (Wildman–Crippen MR) is 97.3 cm³/mol. The van der Waals surface area contributed by atoms with Gasteiger partial charge in [0.15, 0.2) is 0 Å². The number of halogens is 1. The average Bonchev–Trinajstić information content (AvgIpc) is 3.22. The van der Waals surface area contributed by atoms with Crippen LogP contribution in [0.25, 0.3) is 0 Å². The largest absolute Gasteiger partial charge is 0.338 e. The summed E-state index contributed by atoms with van der Waals surface area (Å²) in [5.74, 6) is -0.452. The molecule has 27 heavy (non-hydrogen) atoms. The number of carbonyl (C=O) groups is 3. The quantitative estimate of drug-likeness (QED) is 0.778. The second kappa shape index (κ2) is 6.70. The second-order valence-corrected chi connectivity index (χ2v) is 7.21. The lowest BCUT2D eigenvalue weighted by Crippen LogP contribution is -2.55. The lowest BCUT2D eigenvalue weighted by atomic mass is 9.87. The van der Waals surface area contributed by atoms with Gasteiger partial charge in [0.25, 0.3) is 11.8 Å². The number of urea groups is 1. The topological polar surface area (TPSA) is 96.3 Å². The van der Waals surface area contributed by atoms with Gasteiger partial charge in [0.2, 0.25) is 0 Å². The summed E-state index contributed by atoms with van der Waals surface area (Å²) in [7, 11) is 0. The Morgan fingerprint density at radius 2 is 1.96 bits per heavy atom. The molecule has 1 spiro atoms. The highest BCUT2D eigenvalue weighted by molar-refractivity contribution is 6.31. The van der Waals surface area contributed by atoms with Crippen molar-refractivity contribution >= 4 is 29.4 Å². The molecule has 8 nitrogen and oxygen atoms in total. The van der Waals surface area contributed by atoms with Crippen LogP contribution in [0, 0.1) is 0 Å². The van der Waals surface area contributed by atoms with Gasteiger partial charge in [-0.1, -0.05) is 29.8 Å². The van der Waals surface area contributed by atoms with Crippen LogP contribution >= 0.6 is 11.6 Å². The zero-order valence-corrected chi connectivity index (χ0v) is 15.2. The van der Waals surface area contributed by atoms with Crippen LogP contribution in [0.5, 0.6) is 0 Å². The molecule has 0 unspecified atom stereocenters. The molecule has 4 rings (SSSR count). The molecule has 9 heteroatoms. The highest BCUT2D eigenvalue weighted by Crippen LogP contribution is 2.26. The van der Waals surface area contributed by atoms with E-state index in [1.54, 1.807) is 15.8 Å². The normalized spacial score (nSPS) is 18.5. The summed E-state index contributed by atoms with van der Waals surface area (Å²) in [6.45, 7) is 1.26. The number of carbonyl (C=O) groups excluding carboxylic acids is 3. The van der Waals surface area contributed by atoms with Crippen LogP contribution in [-0.2, 0) is 11.3 Å². The Balaban J connectivity index is 1.41. The van der Waals surface area contributed by atoms with E-state index in [2.05, 4.69) is 15.7 Å². The number of hydrogen-bond acceptors (Lipinski definition) is 4. The summed E-state index contributed by atoms with van der Waals surface area (Å²) in [6.07, 6.45) is 4.02. The Morgan fingerprint density at radius 1 is 1.22 bits per heavy atom. The molecule has 0 radical (unpaired) electrons. The maximum absolute atomic E-state index is 12.7. The van der Waals surface area contributed by atoms with E-state index in [9.17, 15) is 14.4 Å². The summed E-state index contributed by atoms with van der Waals surface area (Å²) < 4.78 is 1.67. The van der Waals surface area contributed by atoms with E-state index in [-0.39, 0.29) is 11.8 Å². The SMILES string of the molecule is O=C1NC(=O)C2(CCN(C(=O)c3cnn(Cc4ccccc4Cl)c3)CC2)N1. The highest BCUT2D eigenvalue weighted by Gasteiger charge is 2.48. The molecule has 2 aliphatic rings. The summed E-state index contributed by atoms with van der Waals surface area (Å²) in [5.41, 5.74) is 0.518. The minimum absolute atomic E-state index is 0.139. The maximum atomic E-state index is 12.7. The summed E-state index contributed by atoms with van der Waals surface area (Å²) >= 11 is 6.17. The van der Waals surface area contributed by atoms with Crippen molar-refractivity contribution in [3.63, 3.8) is 0 Å². The first-order valence-corrected chi connectivity index (χ1v) is 9.03. The van der Waals surface area contributed by atoms with Crippen molar-refractivity contribution in [2.24, 2.45) is 0 Å². The molecule has 2 aliphatic heterocycles. The van der Waals surface area contributed by atoms with E-state index in [1.165, 1.54) is 6.20 Å². The predicted octanol–water partition coefficient (Wildman–Crippen LogP) is 1.40. The molecule has 4 amide bonds. The van der Waals surface area contributed by atoms with E-state index in [0.29, 0.717) is 43.1 Å². The molecule has 0 atom stereocenters. The fourth-order valence-electron chi connectivity index (χ4n) is 3.52. The maximum Gasteiger partial charge on any atom is 0.322 e. The number of aromatic nitrogens is 2. The van der Waals surface area contributed by atoms with Crippen molar-refractivity contribution in [1.29, 1.82) is 0 Å². The van der Waals surface area contributed by atoms with E-state index < -0.39 is 11.6 Å². The first-order chi connectivity index (χ1) is 13.0. The van der Waals surface area contributed by atoms with Crippen LogP contribution in [0.4, 0.5) is 4.79 Å². The number of nitrogens with zero attached hydrogens (tertiary/aromatic N) is 3. The zero-order chi connectivity index (χ0) is 19.0. The Labute approximate surface area is 160 Å². The van der Waals surface area contributed by atoms with Crippen molar-refractivity contribution in [3.05, 3.63) is 52.8 Å². The third-order valence-electron chi connectivity index (χ3n) is 5.09. The Kier molecular flexibility index (Phi) is 4.35. The molecule has 2 fully saturated rings. The molecule has 2 saturated heterocycles. The molecule has 2 N–H and O–H groups in total. The van der Waals surface area contributed by atoms with Crippen molar-refractivity contribution in [3.8, 4) is 0 Å². The Hall–Kier alpha value is -2.87. The number of likely N-dealkylation sites (tertiary alicyclic amines) is 1. The molecule has 0 saturated carbocycles. The van der Waals surface area contributed by atoms with Gasteiger partial charge in [0.05, 0.1) is 18.3 Å².